The molecule has 6 nitrogen and oxygen atoms in total. The quantitative estimate of drug-likeness (QED) is 0.105. The van der Waals surface area contributed by atoms with Crippen LogP contribution >= 0.6 is 0 Å². The predicted octanol–water partition coefficient (Wildman–Crippen LogP) is 2.78. The number of benzene rings is 1. The topological polar surface area (TPSA) is 72.9 Å². The van der Waals surface area contributed by atoms with E-state index in [0.29, 0.717) is 5.57 Å². The molecule has 0 aromatic heterocycles. The number of nitrogens with zero attached hydrogens (tertiary/aromatic N) is 1. The van der Waals surface area contributed by atoms with Gasteiger partial charge in [0.1, 0.15) is 12.2 Å². The van der Waals surface area contributed by atoms with Gasteiger partial charge in [0.2, 0.25) is 17.3 Å². The SMILES string of the molecule is C=C(C)COC(=O)C(=CN(C)C)C(=O)c1cc(F)c(F)c(OC(C)=O)c1F. The number of carbonyl (C=O) groups is 3. The molecule has 0 heterocycles. The van der Waals surface area contributed by atoms with Crippen LogP contribution in [0.3, 0.4) is 0 Å². The molecule has 1 rings (SSSR count). The summed E-state index contributed by atoms with van der Waals surface area (Å²) in [5.41, 5.74) is -1.15. The van der Waals surface area contributed by atoms with Crippen molar-refractivity contribution < 1.29 is 37.0 Å². The highest BCUT2D eigenvalue weighted by Crippen LogP contribution is 2.29. The van der Waals surface area contributed by atoms with Crippen molar-refractivity contribution in [1.82, 2.24) is 4.90 Å². The molecule has 0 aliphatic heterocycles. The Morgan fingerprint density at radius 3 is 2.22 bits per heavy atom. The smallest absolute Gasteiger partial charge is 0.343 e. The van der Waals surface area contributed by atoms with Gasteiger partial charge in [0, 0.05) is 27.2 Å². The number of esters is 2. The van der Waals surface area contributed by atoms with E-state index in [2.05, 4.69) is 11.3 Å². The van der Waals surface area contributed by atoms with E-state index in [1.165, 1.54) is 19.0 Å². The first kappa shape index (κ1) is 21.9. The summed E-state index contributed by atoms with van der Waals surface area (Å²) >= 11 is 0. The molecule has 146 valence electrons. The van der Waals surface area contributed by atoms with E-state index < -0.39 is 52.1 Å². The van der Waals surface area contributed by atoms with Crippen LogP contribution in [-0.2, 0) is 14.3 Å². The molecule has 0 radical (unpaired) electrons. The molecule has 0 amide bonds. The second-order valence-electron chi connectivity index (χ2n) is 5.83. The summed E-state index contributed by atoms with van der Waals surface area (Å²) in [5, 5.41) is 0. The van der Waals surface area contributed by atoms with Crippen LogP contribution in [0.5, 0.6) is 5.75 Å². The molecule has 0 bridgehead atoms. The van der Waals surface area contributed by atoms with Crippen LogP contribution in [0.4, 0.5) is 13.2 Å². The molecule has 27 heavy (non-hydrogen) atoms. The molecule has 0 aliphatic rings. The van der Waals surface area contributed by atoms with Crippen molar-refractivity contribution in [3.05, 3.63) is 53.0 Å². The van der Waals surface area contributed by atoms with Gasteiger partial charge < -0.3 is 14.4 Å². The minimum absolute atomic E-state index is 0.199. The van der Waals surface area contributed by atoms with Crippen molar-refractivity contribution in [3.8, 4) is 5.75 Å². The maximum absolute atomic E-state index is 14.5. The molecule has 1 aromatic carbocycles. The molecular weight excluding hydrogens is 367 g/mol. The van der Waals surface area contributed by atoms with Crippen LogP contribution in [0.2, 0.25) is 0 Å². The Labute approximate surface area is 153 Å². The van der Waals surface area contributed by atoms with Crippen LogP contribution in [0.25, 0.3) is 0 Å². The summed E-state index contributed by atoms with van der Waals surface area (Å²) in [5.74, 6) is -9.91. The van der Waals surface area contributed by atoms with Gasteiger partial charge in [-0.2, -0.15) is 4.39 Å². The largest absolute Gasteiger partial charge is 0.457 e. The summed E-state index contributed by atoms with van der Waals surface area (Å²) in [7, 11) is 2.95. The number of Topliss-reactive ketones (excluding diaryl/α,β-unsaturated/α-hetero) is 1. The maximum Gasteiger partial charge on any atom is 0.343 e. The molecule has 0 aliphatic carbocycles. The third-order valence-electron chi connectivity index (χ3n) is 2.91. The molecule has 0 unspecified atom stereocenters. The lowest BCUT2D eigenvalue weighted by Crippen LogP contribution is -2.21. The Balaban J connectivity index is 3.45. The fraction of sp³-hybridized carbons (Fsp3) is 0.278. The van der Waals surface area contributed by atoms with Gasteiger partial charge in [-0.15, -0.1) is 0 Å². The Morgan fingerprint density at radius 2 is 1.74 bits per heavy atom. The third kappa shape index (κ3) is 5.70. The molecule has 0 fully saturated rings. The van der Waals surface area contributed by atoms with Gasteiger partial charge in [-0.05, 0) is 18.6 Å². The fourth-order valence-electron chi connectivity index (χ4n) is 1.85. The van der Waals surface area contributed by atoms with Gasteiger partial charge in [0.05, 0.1) is 5.56 Å². The average Bonchev–Trinajstić information content (AvgIpc) is 2.56. The van der Waals surface area contributed by atoms with Crippen molar-refractivity contribution in [3.63, 3.8) is 0 Å². The molecule has 0 saturated heterocycles. The third-order valence-corrected chi connectivity index (χ3v) is 2.91. The Kier molecular flexibility index (Phi) is 7.33. The first-order valence-electron chi connectivity index (χ1n) is 7.56. The lowest BCUT2D eigenvalue weighted by Gasteiger charge is -2.13. The minimum Gasteiger partial charge on any atom is -0.457 e. The molecule has 0 atom stereocenters. The summed E-state index contributed by atoms with van der Waals surface area (Å²) in [6, 6.07) is 0.273. The van der Waals surface area contributed by atoms with E-state index in [-0.39, 0.29) is 12.7 Å². The number of hydrogen-bond acceptors (Lipinski definition) is 6. The first-order chi connectivity index (χ1) is 12.5. The lowest BCUT2D eigenvalue weighted by atomic mass is 10.0. The second-order valence-corrected chi connectivity index (χ2v) is 5.83. The van der Waals surface area contributed by atoms with Gasteiger partial charge in [-0.25, -0.2) is 13.6 Å². The van der Waals surface area contributed by atoms with E-state index in [1.54, 1.807) is 6.92 Å². The number of carbonyl (C=O) groups excluding carboxylic acids is 3. The van der Waals surface area contributed by atoms with E-state index in [9.17, 15) is 27.6 Å². The molecule has 0 spiro atoms. The zero-order valence-electron chi connectivity index (χ0n) is 15.2. The molecule has 0 N–H and O–H groups in total. The number of halogens is 3. The summed E-state index contributed by atoms with van der Waals surface area (Å²) in [4.78, 5) is 37.1. The summed E-state index contributed by atoms with van der Waals surface area (Å²) in [6.07, 6.45) is 1.04. The van der Waals surface area contributed by atoms with Crippen LogP contribution in [-0.4, -0.2) is 43.3 Å². The molecule has 9 heteroatoms. The van der Waals surface area contributed by atoms with Crippen LogP contribution in [0.1, 0.15) is 24.2 Å². The van der Waals surface area contributed by atoms with Crippen molar-refractivity contribution in [2.75, 3.05) is 20.7 Å². The fourth-order valence-corrected chi connectivity index (χ4v) is 1.85. The van der Waals surface area contributed by atoms with Crippen molar-refractivity contribution in [2.45, 2.75) is 13.8 Å². The van der Waals surface area contributed by atoms with E-state index in [4.69, 9.17) is 4.74 Å². The van der Waals surface area contributed by atoms with Crippen molar-refractivity contribution >= 4 is 17.7 Å². The predicted molar refractivity (Wildman–Crippen MR) is 89.5 cm³/mol. The van der Waals surface area contributed by atoms with E-state index in [1.807, 2.05) is 0 Å². The second kappa shape index (κ2) is 9.02. The maximum atomic E-state index is 14.5. The Morgan fingerprint density at radius 1 is 1.15 bits per heavy atom. The lowest BCUT2D eigenvalue weighted by molar-refractivity contribution is -0.137. The van der Waals surface area contributed by atoms with Gasteiger partial charge >= 0.3 is 11.9 Å². The average molecular weight is 385 g/mol. The highest BCUT2D eigenvalue weighted by Gasteiger charge is 2.30. The standard InChI is InChI=1S/C18H18F3NO5/c1-9(2)8-26-18(25)12(7-22(4)5)16(24)11-6-13(19)15(21)17(14(11)20)27-10(3)23/h6-7H,1,8H2,2-5H3. The van der Waals surface area contributed by atoms with Crippen LogP contribution in [0.15, 0.2) is 30.0 Å². The van der Waals surface area contributed by atoms with Crippen LogP contribution < -0.4 is 4.74 Å². The highest BCUT2D eigenvalue weighted by molar-refractivity contribution is 6.24. The number of hydrogen-bond donors (Lipinski definition) is 0. The van der Waals surface area contributed by atoms with Crippen molar-refractivity contribution in [2.24, 2.45) is 0 Å². The van der Waals surface area contributed by atoms with Gasteiger partial charge in [-0.1, -0.05) is 6.58 Å². The van der Waals surface area contributed by atoms with Gasteiger partial charge in [0.15, 0.2) is 11.6 Å². The first-order valence-corrected chi connectivity index (χ1v) is 7.56. The number of ketones is 1. The molecule has 1 aromatic rings. The van der Waals surface area contributed by atoms with Gasteiger partial charge in [0.25, 0.3) is 0 Å². The minimum atomic E-state index is -1.78. The van der Waals surface area contributed by atoms with E-state index >= 15 is 0 Å². The normalized spacial score (nSPS) is 11.0. The summed E-state index contributed by atoms with van der Waals surface area (Å²) < 4.78 is 51.2. The van der Waals surface area contributed by atoms with Gasteiger partial charge in [-0.3, -0.25) is 9.59 Å². The Hall–Kier alpha value is -3.10. The highest BCUT2D eigenvalue weighted by atomic mass is 19.2. The monoisotopic (exact) mass is 385 g/mol. The van der Waals surface area contributed by atoms with E-state index in [0.717, 1.165) is 13.1 Å². The number of rotatable bonds is 7. The Bertz CT molecular complexity index is 831. The van der Waals surface area contributed by atoms with Crippen LogP contribution in [0, 0.1) is 17.5 Å². The van der Waals surface area contributed by atoms with Crippen molar-refractivity contribution in [1.29, 1.82) is 0 Å². The zero-order chi connectivity index (χ0) is 20.9. The molecular formula is C18H18F3NO5. The number of ether oxygens (including phenoxy) is 2. The summed E-state index contributed by atoms with van der Waals surface area (Å²) in [6.45, 7) is 5.75. The molecule has 0 saturated carbocycles. The zero-order valence-corrected chi connectivity index (χ0v) is 15.2.